The Labute approximate surface area is 167 Å². The van der Waals surface area contributed by atoms with Gasteiger partial charge in [-0.2, -0.15) is 5.10 Å². The Bertz CT molecular complexity index is 638. The molecule has 6 nitrogen and oxygen atoms in total. The number of guanidine groups is 1. The van der Waals surface area contributed by atoms with Crippen molar-refractivity contribution < 1.29 is 0 Å². The minimum absolute atomic E-state index is 0. The first-order chi connectivity index (χ1) is 11.6. The van der Waals surface area contributed by atoms with Gasteiger partial charge in [-0.1, -0.05) is 30.3 Å². The molecular formula is C18H29IN6. The Morgan fingerprint density at radius 3 is 2.52 bits per heavy atom. The van der Waals surface area contributed by atoms with Crippen molar-refractivity contribution in [1.82, 2.24) is 25.3 Å². The molecule has 0 aliphatic rings. The Kier molecular flexibility index (Phi) is 9.51. The van der Waals surface area contributed by atoms with Gasteiger partial charge in [0.1, 0.15) is 0 Å². The lowest BCUT2D eigenvalue weighted by Crippen LogP contribution is -2.41. The number of aromatic nitrogens is 2. The van der Waals surface area contributed by atoms with E-state index in [0.717, 1.165) is 19.0 Å². The third-order valence-corrected chi connectivity index (χ3v) is 3.80. The van der Waals surface area contributed by atoms with E-state index >= 15 is 0 Å². The summed E-state index contributed by atoms with van der Waals surface area (Å²) < 4.78 is 1.83. The van der Waals surface area contributed by atoms with Crippen LogP contribution in [-0.4, -0.2) is 47.8 Å². The van der Waals surface area contributed by atoms with Gasteiger partial charge in [0.15, 0.2) is 5.96 Å². The first kappa shape index (κ1) is 21.4. The van der Waals surface area contributed by atoms with Crippen molar-refractivity contribution in [1.29, 1.82) is 0 Å². The van der Waals surface area contributed by atoms with Gasteiger partial charge < -0.3 is 15.5 Å². The van der Waals surface area contributed by atoms with E-state index in [0.29, 0.717) is 6.54 Å². The summed E-state index contributed by atoms with van der Waals surface area (Å²) >= 11 is 0. The third-order valence-electron chi connectivity index (χ3n) is 3.80. The van der Waals surface area contributed by atoms with E-state index in [2.05, 4.69) is 65.0 Å². The monoisotopic (exact) mass is 456 g/mol. The van der Waals surface area contributed by atoms with Crippen molar-refractivity contribution in [2.24, 2.45) is 12.0 Å². The molecule has 0 radical (unpaired) electrons. The number of hydrogen-bond acceptors (Lipinski definition) is 3. The smallest absolute Gasteiger partial charge is 0.191 e. The molecule has 1 unspecified atom stereocenters. The predicted molar refractivity (Wildman–Crippen MR) is 114 cm³/mol. The van der Waals surface area contributed by atoms with Crippen molar-refractivity contribution in [2.45, 2.75) is 19.5 Å². The summed E-state index contributed by atoms with van der Waals surface area (Å²) in [6, 6.07) is 10.5. The molecule has 2 aromatic rings. The van der Waals surface area contributed by atoms with E-state index in [-0.39, 0.29) is 30.0 Å². The topological polar surface area (TPSA) is 57.5 Å². The fraction of sp³-hybridized carbons (Fsp3) is 0.444. The van der Waals surface area contributed by atoms with Crippen LogP contribution in [0.4, 0.5) is 0 Å². The van der Waals surface area contributed by atoms with Crippen LogP contribution in [0.3, 0.4) is 0 Å². The number of benzene rings is 1. The van der Waals surface area contributed by atoms with Gasteiger partial charge >= 0.3 is 0 Å². The van der Waals surface area contributed by atoms with Crippen LogP contribution in [0.25, 0.3) is 0 Å². The predicted octanol–water partition coefficient (Wildman–Crippen LogP) is 2.40. The number of aliphatic imine (C=N–C) groups is 1. The first-order valence-corrected chi connectivity index (χ1v) is 8.31. The molecule has 0 saturated carbocycles. The standard InChI is InChI=1S/C18H28N6.HI/c1-5-19-18(20-11-15-9-7-6-8-10-15)21-13-17(23(2)3)16-12-22-24(4)14-16;/h6-10,12,14,17H,5,11,13H2,1-4H3,(H2,19,20,21);1H. The van der Waals surface area contributed by atoms with Crippen molar-refractivity contribution in [3.05, 3.63) is 53.9 Å². The Morgan fingerprint density at radius 1 is 1.24 bits per heavy atom. The number of nitrogens with zero attached hydrogens (tertiary/aromatic N) is 4. The molecule has 2 rings (SSSR count). The Hall–Kier alpha value is -1.61. The highest BCUT2D eigenvalue weighted by molar-refractivity contribution is 14.0. The number of rotatable bonds is 7. The molecule has 1 aromatic heterocycles. The zero-order valence-corrected chi connectivity index (χ0v) is 17.8. The lowest BCUT2D eigenvalue weighted by atomic mass is 10.1. The molecule has 2 N–H and O–H groups in total. The maximum atomic E-state index is 4.67. The second-order valence-corrected chi connectivity index (χ2v) is 5.99. The van der Waals surface area contributed by atoms with Crippen LogP contribution >= 0.6 is 24.0 Å². The number of hydrogen-bond donors (Lipinski definition) is 2. The molecule has 0 saturated heterocycles. The summed E-state index contributed by atoms with van der Waals surface area (Å²) in [5.74, 6) is 0.831. The molecule has 0 bridgehead atoms. The largest absolute Gasteiger partial charge is 0.357 e. The SMILES string of the molecule is CCNC(=NCc1ccccc1)NCC(c1cnn(C)c1)N(C)C.I. The van der Waals surface area contributed by atoms with Crippen LogP contribution in [0.5, 0.6) is 0 Å². The summed E-state index contributed by atoms with van der Waals surface area (Å²) in [6.07, 6.45) is 3.97. The van der Waals surface area contributed by atoms with Gasteiger partial charge in [-0.3, -0.25) is 4.68 Å². The zero-order valence-electron chi connectivity index (χ0n) is 15.4. The van der Waals surface area contributed by atoms with E-state index in [9.17, 15) is 0 Å². The van der Waals surface area contributed by atoms with Crippen molar-refractivity contribution >= 4 is 29.9 Å². The average molecular weight is 456 g/mol. The van der Waals surface area contributed by atoms with Gasteiger partial charge in [-0.05, 0) is 26.6 Å². The third kappa shape index (κ3) is 7.03. The molecule has 0 aliphatic heterocycles. The second-order valence-electron chi connectivity index (χ2n) is 5.99. The molecule has 0 fully saturated rings. The van der Waals surface area contributed by atoms with E-state index in [1.165, 1.54) is 11.1 Å². The van der Waals surface area contributed by atoms with E-state index < -0.39 is 0 Å². The maximum Gasteiger partial charge on any atom is 0.191 e. The summed E-state index contributed by atoms with van der Waals surface area (Å²) in [5.41, 5.74) is 2.39. The molecule has 0 amide bonds. The van der Waals surface area contributed by atoms with E-state index in [4.69, 9.17) is 0 Å². The minimum Gasteiger partial charge on any atom is -0.357 e. The van der Waals surface area contributed by atoms with Crippen LogP contribution < -0.4 is 10.6 Å². The number of aryl methyl sites for hydroxylation is 1. The van der Waals surface area contributed by atoms with Crippen molar-refractivity contribution in [3.8, 4) is 0 Å². The summed E-state index contributed by atoms with van der Waals surface area (Å²) in [7, 11) is 6.09. The van der Waals surface area contributed by atoms with E-state index in [1.54, 1.807) is 0 Å². The molecule has 138 valence electrons. The van der Waals surface area contributed by atoms with Gasteiger partial charge in [0.25, 0.3) is 0 Å². The van der Waals surface area contributed by atoms with Crippen LogP contribution in [0.15, 0.2) is 47.7 Å². The van der Waals surface area contributed by atoms with Crippen LogP contribution in [-0.2, 0) is 13.6 Å². The minimum atomic E-state index is 0. The summed E-state index contributed by atoms with van der Waals surface area (Å²) in [5, 5.41) is 11.0. The molecule has 1 atom stereocenters. The molecule has 7 heteroatoms. The highest BCUT2D eigenvalue weighted by Crippen LogP contribution is 2.16. The van der Waals surface area contributed by atoms with Crippen LogP contribution in [0, 0.1) is 0 Å². The highest BCUT2D eigenvalue weighted by atomic mass is 127. The highest BCUT2D eigenvalue weighted by Gasteiger charge is 2.16. The molecule has 1 heterocycles. The number of halogens is 1. The quantitative estimate of drug-likeness (QED) is 0.382. The van der Waals surface area contributed by atoms with Gasteiger partial charge in [0.05, 0.1) is 18.8 Å². The van der Waals surface area contributed by atoms with E-state index in [1.807, 2.05) is 36.1 Å². The van der Waals surface area contributed by atoms with Gasteiger partial charge in [0.2, 0.25) is 0 Å². The van der Waals surface area contributed by atoms with Crippen LogP contribution in [0.2, 0.25) is 0 Å². The van der Waals surface area contributed by atoms with Crippen molar-refractivity contribution in [2.75, 3.05) is 27.2 Å². The van der Waals surface area contributed by atoms with Crippen molar-refractivity contribution in [3.63, 3.8) is 0 Å². The summed E-state index contributed by atoms with van der Waals surface area (Å²) in [4.78, 5) is 6.85. The average Bonchev–Trinajstić information content (AvgIpc) is 2.99. The Morgan fingerprint density at radius 2 is 1.96 bits per heavy atom. The Balaban J connectivity index is 0.00000312. The molecule has 0 spiro atoms. The van der Waals surface area contributed by atoms with Crippen LogP contribution in [0.1, 0.15) is 24.1 Å². The molecule has 25 heavy (non-hydrogen) atoms. The fourth-order valence-electron chi connectivity index (χ4n) is 2.50. The van der Waals surface area contributed by atoms with Gasteiger partial charge in [-0.25, -0.2) is 4.99 Å². The van der Waals surface area contributed by atoms with Gasteiger partial charge in [-0.15, -0.1) is 24.0 Å². The normalized spacial score (nSPS) is 12.6. The lowest BCUT2D eigenvalue weighted by molar-refractivity contribution is 0.298. The second kappa shape index (κ2) is 11.1. The maximum absolute atomic E-state index is 4.67. The first-order valence-electron chi connectivity index (χ1n) is 8.31. The molecule has 1 aromatic carbocycles. The molecule has 0 aliphatic carbocycles. The zero-order chi connectivity index (χ0) is 17.4. The molecular weight excluding hydrogens is 427 g/mol. The van der Waals surface area contributed by atoms with Gasteiger partial charge in [0, 0.05) is 31.9 Å². The number of likely N-dealkylation sites (N-methyl/N-ethyl adjacent to an activating group) is 1. The lowest BCUT2D eigenvalue weighted by Gasteiger charge is -2.24. The summed E-state index contributed by atoms with van der Waals surface area (Å²) in [6.45, 7) is 4.33. The number of nitrogens with one attached hydrogen (secondary N) is 2. The fourth-order valence-corrected chi connectivity index (χ4v) is 2.50.